The predicted octanol–water partition coefficient (Wildman–Crippen LogP) is 0.255. The van der Waals surface area contributed by atoms with Gasteiger partial charge in [-0.3, -0.25) is 0 Å². The fraction of sp³-hybridized carbons (Fsp3) is 1.00. The van der Waals surface area contributed by atoms with Crippen molar-refractivity contribution < 1.29 is 14.9 Å². The fourth-order valence-electron chi connectivity index (χ4n) is 2.10. The summed E-state index contributed by atoms with van der Waals surface area (Å²) in [5.41, 5.74) is 0. The lowest BCUT2D eigenvalue weighted by Gasteiger charge is -2.52. The Balaban J connectivity index is 2.11. The Bertz CT molecular complexity index is 171. The first-order chi connectivity index (χ1) is 5.12. The second kappa shape index (κ2) is 2.19. The zero-order valence-corrected chi connectivity index (χ0v) is 6.66. The zero-order valence-electron chi connectivity index (χ0n) is 6.66. The van der Waals surface area contributed by atoms with Crippen LogP contribution in [0.25, 0.3) is 0 Å². The minimum Gasteiger partial charge on any atom is -0.393 e. The van der Waals surface area contributed by atoms with Crippen LogP contribution >= 0.6 is 0 Å². The molecule has 1 saturated heterocycles. The van der Waals surface area contributed by atoms with Gasteiger partial charge in [-0.2, -0.15) is 0 Å². The SMILES string of the molecule is CC1C[C@@H](O)C2CC[C@@]2(O)O1. The van der Waals surface area contributed by atoms with Gasteiger partial charge in [0.15, 0.2) is 5.79 Å². The Labute approximate surface area is 66.0 Å². The molecule has 0 bridgehead atoms. The average Bonchev–Trinajstić information content (AvgIpc) is 1.81. The second-order valence-corrected chi connectivity index (χ2v) is 3.72. The molecule has 2 rings (SSSR count). The average molecular weight is 158 g/mol. The maximum absolute atomic E-state index is 9.69. The highest BCUT2D eigenvalue weighted by atomic mass is 16.6. The van der Waals surface area contributed by atoms with Crippen molar-refractivity contribution in [1.82, 2.24) is 0 Å². The molecular weight excluding hydrogens is 144 g/mol. The van der Waals surface area contributed by atoms with Crippen LogP contribution in [0.3, 0.4) is 0 Å². The van der Waals surface area contributed by atoms with Gasteiger partial charge in [0, 0.05) is 12.3 Å². The van der Waals surface area contributed by atoms with Crippen molar-refractivity contribution in [3.63, 3.8) is 0 Å². The molecule has 1 aliphatic heterocycles. The number of hydrogen-bond donors (Lipinski definition) is 2. The van der Waals surface area contributed by atoms with E-state index < -0.39 is 5.79 Å². The van der Waals surface area contributed by atoms with E-state index in [0.29, 0.717) is 12.8 Å². The highest BCUT2D eigenvalue weighted by molar-refractivity contribution is 4.97. The van der Waals surface area contributed by atoms with E-state index >= 15 is 0 Å². The van der Waals surface area contributed by atoms with E-state index in [2.05, 4.69) is 0 Å². The number of rotatable bonds is 0. The first-order valence-corrected chi connectivity index (χ1v) is 4.20. The quantitative estimate of drug-likeness (QED) is 0.531. The summed E-state index contributed by atoms with van der Waals surface area (Å²) >= 11 is 0. The van der Waals surface area contributed by atoms with E-state index in [0.717, 1.165) is 6.42 Å². The van der Waals surface area contributed by atoms with Crippen LogP contribution in [0.2, 0.25) is 0 Å². The van der Waals surface area contributed by atoms with E-state index in [1.807, 2.05) is 6.92 Å². The molecule has 0 aromatic rings. The summed E-state index contributed by atoms with van der Waals surface area (Å²) in [6.45, 7) is 1.88. The molecule has 2 N–H and O–H groups in total. The third-order valence-electron chi connectivity index (χ3n) is 2.84. The van der Waals surface area contributed by atoms with Gasteiger partial charge < -0.3 is 14.9 Å². The smallest absolute Gasteiger partial charge is 0.171 e. The lowest BCUT2D eigenvalue weighted by molar-refractivity contribution is -0.344. The van der Waals surface area contributed by atoms with Gasteiger partial charge in [0.2, 0.25) is 0 Å². The van der Waals surface area contributed by atoms with Gasteiger partial charge >= 0.3 is 0 Å². The highest BCUT2D eigenvalue weighted by Gasteiger charge is 2.54. The monoisotopic (exact) mass is 158 g/mol. The van der Waals surface area contributed by atoms with E-state index in [-0.39, 0.29) is 18.1 Å². The van der Waals surface area contributed by atoms with Gasteiger partial charge in [0.05, 0.1) is 12.2 Å². The van der Waals surface area contributed by atoms with Crippen LogP contribution in [0.15, 0.2) is 0 Å². The summed E-state index contributed by atoms with van der Waals surface area (Å²) in [6.07, 6.45) is 1.86. The molecule has 1 heterocycles. The molecule has 1 saturated carbocycles. The number of hydrogen-bond acceptors (Lipinski definition) is 3. The molecule has 0 aromatic carbocycles. The van der Waals surface area contributed by atoms with Crippen molar-refractivity contribution in [2.75, 3.05) is 0 Å². The van der Waals surface area contributed by atoms with Crippen molar-refractivity contribution in [1.29, 1.82) is 0 Å². The van der Waals surface area contributed by atoms with Crippen LogP contribution in [0.5, 0.6) is 0 Å². The van der Waals surface area contributed by atoms with Crippen LogP contribution in [-0.2, 0) is 4.74 Å². The van der Waals surface area contributed by atoms with Gasteiger partial charge in [0.1, 0.15) is 0 Å². The summed E-state index contributed by atoms with van der Waals surface area (Å²) in [5, 5.41) is 19.2. The summed E-state index contributed by atoms with van der Waals surface area (Å²) in [6, 6.07) is 0. The number of fused-ring (bicyclic) bond motifs is 1. The molecule has 4 atom stereocenters. The standard InChI is InChI=1S/C8H14O3/c1-5-4-7(9)6-2-3-8(6,10)11-5/h5-7,9-10H,2-4H2,1H3/t5?,6?,7-,8-/m1/s1. The van der Waals surface area contributed by atoms with Crippen LogP contribution in [-0.4, -0.2) is 28.2 Å². The first kappa shape index (κ1) is 7.53. The molecule has 2 unspecified atom stereocenters. The van der Waals surface area contributed by atoms with Crippen LogP contribution in [0.4, 0.5) is 0 Å². The lowest BCUT2D eigenvalue weighted by atomic mass is 9.71. The van der Waals surface area contributed by atoms with Crippen molar-refractivity contribution in [3.8, 4) is 0 Å². The highest BCUT2D eigenvalue weighted by Crippen LogP contribution is 2.46. The van der Waals surface area contributed by atoms with Crippen LogP contribution < -0.4 is 0 Å². The van der Waals surface area contributed by atoms with Gasteiger partial charge in [-0.25, -0.2) is 0 Å². The van der Waals surface area contributed by atoms with E-state index in [9.17, 15) is 10.2 Å². The maximum Gasteiger partial charge on any atom is 0.171 e. The zero-order chi connectivity index (χ0) is 8.06. The molecule has 64 valence electrons. The minimum atomic E-state index is -0.989. The summed E-state index contributed by atoms with van der Waals surface area (Å²) in [5.74, 6) is -1.02. The van der Waals surface area contributed by atoms with Crippen molar-refractivity contribution in [2.24, 2.45) is 5.92 Å². The molecule has 11 heavy (non-hydrogen) atoms. The first-order valence-electron chi connectivity index (χ1n) is 4.20. The van der Waals surface area contributed by atoms with Crippen molar-refractivity contribution in [3.05, 3.63) is 0 Å². The minimum absolute atomic E-state index is 0.00782. The second-order valence-electron chi connectivity index (χ2n) is 3.72. The van der Waals surface area contributed by atoms with Crippen LogP contribution in [0.1, 0.15) is 26.2 Å². The van der Waals surface area contributed by atoms with Crippen molar-refractivity contribution in [2.45, 2.75) is 44.2 Å². The molecule has 0 aromatic heterocycles. The van der Waals surface area contributed by atoms with Gasteiger partial charge in [0.25, 0.3) is 0 Å². The van der Waals surface area contributed by atoms with Crippen molar-refractivity contribution >= 4 is 0 Å². The largest absolute Gasteiger partial charge is 0.393 e. The molecule has 0 amide bonds. The number of aliphatic hydroxyl groups is 2. The Kier molecular flexibility index (Phi) is 1.50. The van der Waals surface area contributed by atoms with E-state index in [1.54, 1.807) is 0 Å². The Morgan fingerprint density at radius 3 is 2.73 bits per heavy atom. The van der Waals surface area contributed by atoms with Gasteiger partial charge in [-0.05, 0) is 19.8 Å². The van der Waals surface area contributed by atoms with E-state index in [4.69, 9.17) is 4.74 Å². The maximum atomic E-state index is 9.69. The van der Waals surface area contributed by atoms with Gasteiger partial charge in [-0.1, -0.05) is 0 Å². The molecule has 3 nitrogen and oxygen atoms in total. The van der Waals surface area contributed by atoms with Crippen LogP contribution in [0, 0.1) is 5.92 Å². The molecule has 1 aliphatic carbocycles. The lowest BCUT2D eigenvalue weighted by Crippen LogP contribution is -2.59. The fourth-order valence-corrected chi connectivity index (χ4v) is 2.10. The molecular formula is C8H14O3. The molecule has 3 heteroatoms. The third kappa shape index (κ3) is 0.991. The normalized spacial score (nSPS) is 56.5. The summed E-state index contributed by atoms with van der Waals surface area (Å²) in [7, 11) is 0. The number of ether oxygens (including phenoxy) is 1. The molecule has 0 spiro atoms. The van der Waals surface area contributed by atoms with Gasteiger partial charge in [-0.15, -0.1) is 0 Å². The summed E-state index contributed by atoms with van der Waals surface area (Å²) in [4.78, 5) is 0. The Morgan fingerprint density at radius 1 is 1.55 bits per heavy atom. The summed E-state index contributed by atoms with van der Waals surface area (Å²) < 4.78 is 5.34. The third-order valence-corrected chi connectivity index (χ3v) is 2.84. The topological polar surface area (TPSA) is 49.7 Å². The molecule has 2 fully saturated rings. The van der Waals surface area contributed by atoms with E-state index in [1.165, 1.54) is 0 Å². The Morgan fingerprint density at radius 2 is 2.27 bits per heavy atom. The predicted molar refractivity (Wildman–Crippen MR) is 38.8 cm³/mol. The Hall–Kier alpha value is -0.120. The molecule has 2 aliphatic rings. The molecule has 0 radical (unpaired) electrons. The number of aliphatic hydroxyl groups excluding tert-OH is 1.